The van der Waals surface area contributed by atoms with E-state index in [1.54, 1.807) is 0 Å². The van der Waals surface area contributed by atoms with Crippen LogP contribution < -0.4 is 10.6 Å². The van der Waals surface area contributed by atoms with Crippen molar-refractivity contribution in [2.45, 2.75) is 58.9 Å². The number of carbonyl (C=O) groups excluding carboxylic acids is 1. The second kappa shape index (κ2) is 5.00. The van der Waals surface area contributed by atoms with Crippen LogP contribution in [0.3, 0.4) is 0 Å². The Bertz CT molecular complexity index is 558. The van der Waals surface area contributed by atoms with Gasteiger partial charge < -0.3 is 10.6 Å². The molecule has 0 bridgehead atoms. The minimum absolute atomic E-state index is 0.00682. The summed E-state index contributed by atoms with van der Waals surface area (Å²) in [6.45, 7) is 13.9. The molecule has 0 spiro atoms. The lowest BCUT2D eigenvalue weighted by Crippen LogP contribution is -2.40. The third-order valence-corrected chi connectivity index (χ3v) is 4.24. The van der Waals surface area contributed by atoms with Crippen LogP contribution in [0, 0.1) is 5.92 Å². The fourth-order valence-electron chi connectivity index (χ4n) is 3.22. The van der Waals surface area contributed by atoms with Crippen LogP contribution in [0.1, 0.15) is 64.0 Å². The highest BCUT2D eigenvalue weighted by molar-refractivity contribution is 5.98. The number of anilines is 1. The van der Waals surface area contributed by atoms with Crippen LogP contribution in [-0.2, 0) is 5.41 Å². The van der Waals surface area contributed by atoms with Crippen LogP contribution in [0.5, 0.6) is 0 Å². The van der Waals surface area contributed by atoms with E-state index in [1.165, 1.54) is 0 Å². The van der Waals surface area contributed by atoms with Crippen LogP contribution in [0.25, 0.3) is 0 Å². The molecule has 1 aromatic heterocycles. The number of pyridine rings is 1. The Balaban J connectivity index is 2.57. The molecule has 116 valence electrons. The van der Waals surface area contributed by atoms with E-state index in [-0.39, 0.29) is 11.0 Å². The summed E-state index contributed by atoms with van der Waals surface area (Å²) in [4.78, 5) is 18.8. The zero-order valence-electron chi connectivity index (χ0n) is 14.0. The first-order valence-electron chi connectivity index (χ1n) is 7.61. The smallest absolute Gasteiger partial charge is 0.252 e. The molecule has 2 N–H and O–H groups in total. The van der Waals surface area contributed by atoms with Gasteiger partial charge in [0.15, 0.2) is 0 Å². The molecule has 1 atom stereocenters. The summed E-state index contributed by atoms with van der Waals surface area (Å²) in [5, 5.41) is 0. The number of carbonyl (C=O) groups is 1. The minimum Gasteiger partial charge on any atom is -0.365 e. The summed E-state index contributed by atoms with van der Waals surface area (Å²) in [5.74, 6) is 0.915. The van der Waals surface area contributed by atoms with Crippen molar-refractivity contribution >= 4 is 11.7 Å². The molecule has 1 aliphatic rings. The van der Waals surface area contributed by atoms with Gasteiger partial charge in [-0.05, 0) is 38.3 Å². The van der Waals surface area contributed by atoms with E-state index in [2.05, 4.69) is 46.4 Å². The summed E-state index contributed by atoms with van der Waals surface area (Å²) in [7, 11) is 0. The molecule has 4 heteroatoms. The van der Waals surface area contributed by atoms with Crippen molar-refractivity contribution < 1.29 is 4.79 Å². The molecule has 1 unspecified atom stereocenters. The monoisotopic (exact) mass is 289 g/mol. The molecule has 1 aromatic rings. The van der Waals surface area contributed by atoms with Gasteiger partial charge in [0.25, 0.3) is 5.91 Å². The van der Waals surface area contributed by atoms with E-state index >= 15 is 0 Å². The number of hydrogen-bond acceptors (Lipinski definition) is 3. The molecule has 1 fully saturated rings. The molecule has 21 heavy (non-hydrogen) atoms. The summed E-state index contributed by atoms with van der Waals surface area (Å²) in [6, 6.07) is 3.74. The first-order valence-corrected chi connectivity index (χ1v) is 7.61. The SMILES string of the molecule is CC1CN(c2nc(C(C)(C)C)ccc2C(N)=O)C(C)(C)C1. The van der Waals surface area contributed by atoms with Gasteiger partial charge in [-0.2, -0.15) is 0 Å². The first kappa shape index (κ1) is 15.8. The van der Waals surface area contributed by atoms with Crippen LogP contribution >= 0.6 is 0 Å². The van der Waals surface area contributed by atoms with Crippen LogP contribution in [0.15, 0.2) is 12.1 Å². The summed E-state index contributed by atoms with van der Waals surface area (Å²) in [5.41, 5.74) is 7.00. The van der Waals surface area contributed by atoms with Gasteiger partial charge in [0.2, 0.25) is 0 Å². The van der Waals surface area contributed by atoms with Crippen molar-refractivity contribution in [2.24, 2.45) is 11.7 Å². The van der Waals surface area contributed by atoms with Gasteiger partial charge in [-0.25, -0.2) is 4.98 Å². The Morgan fingerprint density at radius 1 is 1.38 bits per heavy atom. The number of nitrogens with zero attached hydrogens (tertiary/aromatic N) is 2. The normalized spacial score (nSPS) is 21.6. The van der Waals surface area contributed by atoms with Crippen LogP contribution in [0.2, 0.25) is 0 Å². The van der Waals surface area contributed by atoms with Crippen LogP contribution in [-0.4, -0.2) is 23.0 Å². The van der Waals surface area contributed by atoms with E-state index < -0.39 is 5.91 Å². The third kappa shape index (κ3) is 3.04. The van der Waals surface area contributed by atoms with Crippen molar-refractivity contribution in [3.05, 3.63) is 23.4 Å². The Labute approximate surface area is 127 Å². The Morgan fingerprint density at radius 3 is 2.43 bits per heavy atom. The van der Waals surface area contributed by atoms with Gasteiger partial charge in [0.05, 0.1) is 5.56 Å². The lowest BCUT2D eigenvalue weighted by molar-refractivity contribution is 0.1000. The fourth-order valence-corrected chi connectivity index (χ4v) is 3.22. The second-order valence-electron chi connectivity index (χ2n) is 7.91. The van der Waals surface area contributed by atoms with Crippen LogP contribution in [0.4, 0.5) is 5.82 Å². The topological polar surface area (TPSA) is 59.2 Å². The van der Waals surface area contributed by atoms with E-state index in [9.17, 15) is 4.79 Å². The molecular weight excluding hydrogens is 262 g/mol. The fraction of sp³-hybridized carbons (Fsp3) is 0.647. The molecular formula is C17H27N3O. The number of primary amides is 1. The van der Waals surface area contributed by atoms with Gasteiger partial charge in [-0.15, -0.1) is 0 Å². The predicted molar refractivity (Wildman–Crippen MR) is 86.7 cm³/mol. The number of aromatic nitrogens is 1. The molecule has 2 rings (SSSR count). The van der Waals surface area contributed by atoms with Crippen molar-refractivity contribution in [1.29, 1.82) is 0 Å². The Kier molecular flexibility index (Phi) is 3.77. The maximum absolute atomic E-state index is 11.8. The van der Waals surface area contributed by atoms with Gasteiger partial charge in [-0.3, -0.25) is 4.79 Å². The highest BCUT2D eigenvalue weighted by Crippen LogP contribution is 2.38. The Morgan fingerprint density at radius 2 is 2.00 bits per heavy atom. The second-order valence-corrected chi connectivity index (χ2v) is 7.91. The predicted octanol–water partition coefficient (Wildman–Crippen LogP) is 3.10. The summed E-state index contributed by atoms with van der Waals surface area (Å²) < 4.78 is 0. The third-order valence-electron chi connectivity index (χ3n) is 4.24. The maximum Gasteiger partial charge on any atom is 0.252 e. The molecule has 1 amide bonds. The van der Waals surface area contributed by atoms with Crippen molar-refractivity contribution in [3.8, 4) is 0 Å². The molecule has 1 saturated heterocycles. The van der Waals surface area contributed by atoms with Gasteiger partial charge >= 0.3 is 0 Å². The average Bonchev–Trinajstić information content (AvgIpc) is 2.60. The average molecular weight is 289 g/mol. The lowest BCUT2D eigenvalue weighted by Gasteiger charge is -2.34. The summed E-state index contributed by atoms with van der Waals surface area (Å²) in [6.07, 6.45) is 1.09. The molecule has 1 aliphatic heterocycles. The van der Waals surface area contributed by atoms with Gasteiger partial charge in [-0.1, -0.05) is 27.7 Å². The molecule has 4 nitrogen and oxygen atoms in total. The number of nitrogens with two attached hydrogens (primary N) is 1. The van der Waals surface area contributed by atoms with E-state index in [1.807, 2.05) is 12.1 Å². The maximum atomic E-state index is 11.8. The van der Waals surface area contributed by atoms with Crippen molar-refractivity contribution in [3.63, 3.8) is 0 Å². The first-order chi connectivity index (χ1) is 9.52. The molecule has 2 heterocycles. The largest absolute Gasteiger partial charge is 0.365 e. The van der Waals surface area contributed by atoms with E-state index in [0.717, 1.165) is 24.5 Å². The Hall–Kier alpha value is -1.58. The van der Waals surface area contributed by atoms with Gasteiger partial charge in [0, 0.05) is 23.2 Å². The number of rotatable bonds is 2. The van der Waals surface area contributed by atoms with Gasteiger partial charge in [0.1, 0.15) is 5.82 Å². The summed E-state index contributed by atoms with van der Waals surface area (Å²) >= 11 is 0. The van der Waals surface area contributed by atoms with Crippen molar-refractivity contribution in [1.82, 2.24) is 4.98 Å². The zero-order valence-corrected chi connectivity index (χ0v) is 14.0. The highest BCUT2D eigenvalue weighted by Gasteiger charge is 2.39. The standard InChI is InChI=1S/C17H27N3O/c1-11-9-17(5,6)20(10-11)15-12(14(18)21)7-8-13(19-15)16(2,3)4/h7-8,11H,9-10H2,1-6H3,(H2,18,21). The number of hydrogen-bond donors (Lipinski definition) is 1. The molecule has 0 saturated carbocycles. The van der Waals surface area contributed by atoms with Crippen molar-refractivity contribution in [2.75, 3.05) is 11.4 Å². The highest BCUT2D eigenvalue weighted by atomic mass is 16.1. The lowest BCUT2D eigenvalue weighted by atomic mass is 9.91. The number of amides is 1. The van der Waals surface area contributed by atoms with E-state index in [4.69, 9.17) is 10.7 Å². The molecule has 0 aromatic carbocycles. The van der Waals surface area contributed by atoms with E-state index in [0.29, 0.717) is 11.5 Å². The quantitative estimate of drug-likeness (QED) is 0.910. The zero-order chi connectivity index (χ0) is 16.0. The molecule has 0 radical (unpaired) electrons. The molecule has 0 aliphatic carbocycles. The minimum atomic E-state index is -0.409.